The van der Waals surface area contributed by atoms with Crippen LogP contribution in [-0.4, -0.2) is 51.1 Å². The fourth-order valence-corrected chi connectivity index (χ4v) is 4.22. The molecule has 0 aliphatic carbocycles. The zero-order valence-corrected chi connectivity index (χ0v) is 20.9. The third-order valence-electron chi connectivity index (χ3n) is 6.62. The topological polar surface area (TPSA) is 98.0 Å². The molecule has 0 rings (SSSR count). The van der Waals surface area contributed by atoms with Crippen molar-refractivity contribution in [3.05, 3.63) is 0 Å². The molecule has 186 valence electrons. The van der Waals surface area contributed by atoms with Crippen molar-refractivity contribution in [3.8, 4) is 0 Å². The van der Waals surface area contributed by atoms with Gasteiger partial charge in [-0.1, -0.05) is 98.8 Å². The molecule has 0 fully saturated rings. The van der Waals surface area contributed by atoms with Gasteiger partial charge in [-0.2, -0.15) is 0 Å². The second kappa shape index (κ2) is 18.0. The van der Waals surface area contributed by atoms with Gasteiger partial charge in [0.05, 0.1) is 6.61 Å². The van der Waals surface area contributed by atoms with Crippen molar-refractivity contribution in [3.63, 3.8) is 0 Å². The molecule has 4 N–H and O–H groups in total. The molecular weight excluding hydrogens is 392 g/mol. The first-order chi connectivity index (χ1) is 14.6. The predicted molar refractivity (Wildman–Crippen MR) is 128 cm³/mol. The van der Waals surface area contributed by atoms with Gasteiger partial charge in [-0.25, -0.2) is 0 Å². The summed E-state index contributed by atoms with van der Waals surface area (Å²) in [5.41, 5.74) is 0. The second-order valence-corrected chi connectivity index (χ2v) is 10.5. The van der Waals surface area contributed by atoms with Crippen LogP contribution in [0, 0.1) is 23.7 Å². The lowest BCUT2D eigenvalue weighted by Gasteiger charge is -2.20. The largest absolute Gasteiger partial charge is 0.394 e. The van der Waals surface area contributed by atoms with Crippen molar-refractivity contribution >= 4 is 5.78 Å². The van der Waals surface area contributed by atoms with Crippen LogP contribution in [0.4, 0.5) is 0 Å². The van der Waals surface area contributed by atoms with Crippen molar-refractivity contribution in [2.75, 3.05) is 6.61 Å². The summed E-state index contributed by atoms with van der Waals surface area (Å²) in [6.45, 7) is 10.9. The molecule has 0 aromatic rings. The molecule has 5 nitrogen and oxygen atoms in total. The van der Waals surface area contributed by atoms with Crippen LogP contribution in [-0.2, 0) is 4.79 Å². The zero-order valence-electron chi connectivity index (χ0n) is 20.9. The molecule has 0 bridgehead atoms. The van der Waals surface area contributed by atoms with Gasteiger partial charge in [-0.3, -0.25) is 4.79 Å². The van der Waals surface area contributed by atoms with Crippen molar-refractivity contribution in [2.45, 2.75) is 130 Å². The number of carbonyl (C=O) groups excluding carboxylic acids is 1. The molecule has 0 aliphatic rings. The van der Waals surface area contributed by atoms with Crippen LogP contribution < -0.4 is 0 Å². The molecule has 0 aromatic carbocycles. The summed E-state index contributed by atoms with van der Waals surface area (Å²) in [4.78, 5) is 11.9. The molecule has 0 radical (unpaired) electrons. The van der Waals surface area contributed by atoms with Crippen LogP contribution in [0.5, 0.6) is 0 Å². The normalized spacial score (nSPS) is 17.9. The van der Waals surface area contributed by atoms with E-state index in [1.807, 2.05) is 0 Å². The lowest BCUT2D eigenvalue weighted by atomic mass is 9.90. The molecule has 6 unspecified atom stereocenters. The molecule has 0 aliphatic heterocycles. The number of hydrogen-bond acceptors (Lipinski definition) is 5. The Labute approximate surface area is 191 Å². The highest BCUT2D eigenvalue weighted by Gasteiger charge is 2.29. The van der Waals surface area contributed by atoms with E-state index in [0.717, 1.165) is 30.6 Å². The Morgan fingerprint density at radius 2 is 1.03 bits per heavy atom. The van der Waals surface area contributed by atoms with E-state index >= 15 is 0 Å². The minimum atomic E-state index is -1.63. The first kappa shape index (κ1) is 30.5. The number of carbonyl (C=O) groups is 1. The van der Waals surface area contributed by atoms with Gasteiger partial charge in [0.2, 0.25) is 0 Å². The molecular formula is C26H52O5. The maximum absolute atomic E-state index is 11.9. The van der Waals surface area contributed by atoms with E-state index < -0.39 is 30.7 Å². The number of hydrogen-bond donors (Lipinski definition) is 4. The Morgan fingerprint density at radius 1 is 0.645 bits per heavy atom. The average Bonchev–Trinajstić information content (AvgIpc) is 2.71. The van der Waals surface area contributed by atoms with Crippen molar-refractivity contribution < 1.29 is 25.2 Å². The maximum Gasteiger partial charge on any atom is 0.164 e. The third-order valence-corrected chi connectivity index (χ3v) is 6.62. The van der Waals surface area contributed by atoms with Gasteiger partial charge in [0.25, 0.3) is 0 Å². The Hall–Kier alpha value is -0.490. The molecule has 0 aromatic heterocycles. The molecule has 0 amide bonds. The standard InChI is InChI=1S/C26H52O5/c1-19(2)10-6-11-20(3)12-7-13-21(4)14-8-15-22(5)16-9-17-23(28)25(30)26(31)24(29)18-27/h19-22,24-27,29-31H,6-18H2,1-5H3. The number of rotatable bonds is 20. The molecule has 31 heavy (non-hydrogen) atoms. The highest BCUT2D eigenvalue weighted by Crippen LogP contribution is 2.23. The van der Waals surface area contributed by atoms with Crippen molar-refractivity contribution in [1.29, 1.82) is 0 Å². The van der Waals surface area contributed by atoms with Crippen LogP contribution in [0.15, 0.2) is 0 Å². The van der Waals surface area contributed by atoms with Crippen LogP contribution in [0.2, 0.25) is 0 Å². The minimum Gasteiger partial charge on any atom is -0.394 e. The van der Waals surface area contributed by atoms with E-state index in [-0.39, 0.29) is 6.42 Å². The average molecular weight is 445 g/mol. The first-order valence-electron chi connectivity index (χ1n) is 12.8. The molecule has 0 saturated heterocycles. The van der Waals surface area contributed by atoms with Crippen LogP contribution in [0.1, 0.15) is 112 Å². The lowest BCUT2D eigenvalue weighted by molar-refractivity contribution is -0.140. The maximum atomic E-state index is 11.9. The van der Waals surface area contributed by atoms with E-state index in [0.29, 0.717) is 12.3 Å². The molecule has 0 saturated carbocycles. The lowest BCUT2D eigenvalue weighted by Crippen LogP contribution is -2.43. The Balaban J connectivity index is 3.80. The van der Waals surface area contributed by atoms with Gasteiger partial charge >= 0.3 is 0 Å². The van der Waals surface area contributed by atoms with Crippen LogP contribution in [0.3, 0.4) is 0 Å². The van der Waals surface area contributed by atoms with Gasteiger partial charge in [0.1, 0.15) is 18.3 Å². The van der Waals surface area contributed by atoms with E-state index in [1.165, 1.54) is 51.4 Å². The summed E-state index contributed by atoms with van der Waals surface area (Å²) in [6, 6.07) is 0. The van der Waals surface area contributed by atoms with E-state index in [4.69, 9.17) is 5.11 Å². The minimum absolute atomic E-state index is 0.187. The van der Waals surface area contributed by atoms with Gasteiger partial charge in [-0.05, 0) is 30.1 Å². The van der Waals surface area contributed by atoms with Crippen molar-refractivity contribution in [1.82, 2.24) is 0 Å². The Morgan fingerprint density at radius 3 is 1.42 bits per heavy atom. The summed E-state index contributed by atoms with van der Waals surface area (Å²) in [7, 11) is 0. The van der Waals surface area contributed by atoms with Gasteiger partial charge in [0, 0.05) is 6.42 Å². The Bertz CT molecular complexity index is 440. The predicted octanol–water partition coefficient (Wildman–Crippen LogP) is 4.88. The fraction of sp³-hybridized carbons (Fsp3) is 0.962. The van der Waals surface area contributed by atoms with Gasteiger partial charge < -0.3 is 20.4 Å². The van der Waals surface area contributed by atoms with Gasteiger partial charge in [-0.15, -0.1) is 0 Å². The molecule has 6 atom stereocenters. The van der Waals surface area contributed by atoms with E-state index in [9.17, 15) is 20.1 Å². The highest BCUT2D eigenvalue weighted by atomic mass is 16.4. The van der Waals surface area contributed by atoms with E-state index in [2.05, 4.69) is 34.6 Å². The number of Topliss-reactive ketones (excluding diaryl/α,β-unsaturated/α-hetero) is 1. The summed E-state index contributed by atoms with van der Waals surface area (Å²) < 4.78 is 0. The summed E-state index contributed by atoms with van der Waals surface area (Å²) in [6.07, 6.45) is 8.73. The quantitative estimate of drug-likeness (QED) is 0.215. The number of aliphatic hydroxyl groups excluding tert-OH is 4. The SMILES string of the molecule is CC(C)CCCC(C)CCCC(C)CCCC(C)CCCC(=O)C(O)C(O)C(O)CO. The smallest absolute Gasteiger partial charge is 0.164 e. The Kier molecular flexibility index (Phi) is 17.7. The molecule has 0 spiro atoms. The monoisotopic (exact) mass is 444 g/mol. The summed E-state index contributed by atoms with van der Waals surface area (Å²) in [5.74, 6) is 2.50. The van der Waals surface area contributed by atoms with E-state index in [1.54, 1.807) is 0 Å². The zero-order chi connectivity index (χ0) is 23.8. The number of ketones is 1. The summed E-state index contributed by atoms with van der Waals surface area (Å²) in [5, 5.41) is 37.5. The summed E-state index contributed by atoms with van der Waals surface area (Å²) >= 11 is 0. The fourth-order valence-electron chi connectivity index (χ4n) is 4.22. The second-order valence-electron chi connectivity index (χ2n) is 10.5. The van der Waals surface area contributed by atoms with Crippen LogP contribution in [0.25, 0.3) is 0 Å². The third kappa shape index (κ3) is 15.9. The van der Waals surface area contributed by atoms with Crippen LogP contribution >= 0.6 is 0 Å². The number of aliphatic hydroxyl groups is 4. The van der Waals surface area contributed by atoms with Gasteiger partial charge in [0.15, 0.2) is 5.78 Å². The highest BCUT2D eigenvalue weighted by molar-refractivity contribution is 5.83. The first-order valence-corrected chi connectivity index (χ1v) is 12.8. The molecule has 0 heterocycles. The molecule has 5 heteroatoms. The van der Waals surface area contributed by atoms with Crippen molar-refractivity contribution in [2.24, 2.45) is 23.7 Å².